The van der Waals surface area contributed by atoms with E-state index in [1.165, 1.54) is 0 Å². The quantitative estimate of drug-likeness (QED) is 0.898. The molecule has 19 heavy (non-hydrogen) atoms. The van der Waals surface area contributed by atoms with Crippen molar-refractivity contribution in [3.63, 3.8) is 0 Å². The Morgan fingerprint density at radius 1 is 1.05 bits per heavy atom. The van der Waals surface area contributed by atoms with Crippen molar-refractivity contribution < 1.29 is 0 Å². The van der Waals surface area contributed by atoms with Crippen molar-refractivity contribution in [3.05, 3.63) is 35.0 Å². The third kappa shape index (κ3) is 2.79. The molecule has 0 amide bonds. The topological polar surface area (TPSA) is 49.8 Å². The summed E-state index contributed by atoms with van der Waals surface area (Å²) in [6.07, 6.45) is 0.837. The Kier molecular flexibility index (Phi) is 4.22. The molecule has 0 fully saturated rings. The highest BCUT2D eigenvalue weighted by molar-refractivity contribution is 6.30. The first-order chi connectivity index (χ1) is 9.19. The standard InChI is InChI=1S/C14H17ClN4/c1-4-11-12(9-5-7-10(15)8-6-9)13(16-2)19-14(17-3)18-11/h5-8H,4H2,1-3H3,(H2,16,17,18,19). The van der Waals surface area contributed by atoms with Crippen molar-refractivity contribution in [3.8, 4) is 11.1 Å². The van der Waals surface area contributed by atoms with Crippen LogP contribution in [0.5, 0.6) is 0 Å². The average molecular weight is 277 g/mol. The lowest BCUT2D eigenvalue weighted by Crippen LogP contribution is -2.06. The fraction of sp³-hybridized carbons (Fsp3) is 0.286. The van der Waals surface area contributed by atoms with E-state index in [9.17, 15) is 0 Å². The molecule has 2 aromatic rings. The zero-order valence-electron chi connectivity index (χ0n) is 11.3. The number of hydrogen-bond donors (Lipinski definition) is 2. The largest absolute Gasteiger partial charge is 0.372 e. The molecule has 2 rings (SSSR count). The monoisotopic (exact) mass is 276 g/mol. The molecule has 2 N–H and O–H groups in total. The van der Waals surface area contributed by atoms with Gasteiger partial charge in [0.25, 0.3) is 0 Å². The van der Waals surface area contributed by atoms with E-state index in [2.05, 4.69) is 27.5 Å². The average Bonchev–Trinajstić information content (AvgIpc) is 2.46. The lowest BCUT2D eigenvalue weighted by molar-refractivity contribution is 1.00. The minimum Gasteiger partial charge on any atom is -0.372 e. The van der Waals surface area contributed by atoms with Crippen LogP contribution in [0, 0.1) is 0 Å². The molecule has 0 aliphatic carbocycles. The highest BCUT2D eigenvalue weighted by Crippen LogP contribution is 2.31. The molecule has 0 bridgehead atoms. The first-order valence-corrected chi connectivity index (χ1v) is 6.59. The van der Waals surface area contributed by atoms with E-state index in [4.69, 9.17) is 11.6 Å². The molecular weight excluding hydrogens is 260 g/mol. The number of nitrogens with one attached hydrogen (secondary N) is 2. The van der Waals surface area contributed by atoms with E-state index < -0.39 is 0 Å². The van der Waals surface area contributed by atoms with Crippen LogP contribution in [0.2, 0.25) is 5.02 Å². The minimum atomic E-state index is 0.624. The number of aryl methyl sites for hydroxylation is 1. The fourth-order valence-corrected chi connectivity index (χ4v) is 2.10. The molecule has 4 nitrogen and oxygen atoms in total. The first-order valence-electron chi connectivity index (χ1n) is 6.22. The second kappa shape index (κ2) is 5.89. The summed E-state index contributed by atoms with van der Waals surface area (Å²) in [5.41, 5.74) is 3.10. The van der Waals surface area contributed by atoms with Crippen molar-refractivity contribution in [2.75, 3.05) is 24.7 Å². The molecule has 0 atom stereocenters. The summed E-state index contributed by atoms with van der Waals surface area (Å²) in [5.74, 6) is 1.44. The molecule has 0 spiro atoms. The van der Waals surface area contributed by atoms with Gasteiger partial charge in [0, 0.05) is 24.7 Å². The number of hydrogen-bond acceptors (Lipinski definition) is 4. The van der Waals surface area contributed by atoms with Crippen LogP contribution in [0.4, 0.5) is 11.8 Å². The van der Waals surface area contributed by atoms with Crippen LogP contribution < -0.4 is 10.6 Å². The van der Waals surface area contributed by atoms with Crippen LogP contribution in [0.25, 0.3) is 11.1 Å². The van der Waals surface area contributed by atoms with E-state index >= 15 is 0 Å². The molecule has 100 valence electrons. The SMILES string of the molecule is CCc1nc(NC)nc(NC)c1-c1ccc(Cl)cc1. The zero-order valence-corrected chi connectivity index (χ0v) is 12.0. The van der Waals surface area contributed by atoms with Gasteiger partial charge in [0.15, 0.2) is 0 Å². The van der Waals surface area contributed by atoms with Crippen LogP contribution in [-0.4, -0.2) is 24.1 Å². The molecule has 1 heterocycles. The highest BCUT2D eigenvalue weighted by atomic mass is 35.5. The van der Waals surface area contributed by atoms with Crippen LogP contribution in [0.15, 0.2) is 24.3 Å². The Labute approximate surface area is 118 Å². The Bertz CT molecular complexity index is 541. The van der Waals surface area contributed by atoms with Crippen molar-refractivity contribution in [1.82, 2.24) is 9.97 Å². The third-order valence-corrected chi connectivity index (χ3v) is 3.16. The Morgan fingerprint density at radius 2 is 1.74 bits per heavy atom. The van der Waals surface area contributed by atoms with Gasteiger partial charge in [-0.05, 0) is 24.1 Å². The minimum absolute atomic E-state index is 0.624. The van der Waals surface area contributed by atoms with Crippen LogP contribution >= 0.6 is 11.6 Å². The van der Waals surface area contributed by atoms with Crippen molar-refractivity contribution in [2.24, 2.45) is 0 Å². The molecule has 0 unspecified atom stereocenters. The van der Waals surface area contributed by atoms with Gasteiger partial charge in [0.2, 0.25) is 5.95 Å². The molecule has 0 aliphatic rings. The maximum atomic E-state index is 5.94. The number of nitrogens with zero attached hydrogens (tertiary/aromatic N) is 2. The van der Waals surface area contributed by atoms with Crippen LogP contribution in [0.1, 0.15) is 12.6 Å². The molecule has 5 heteroatoms. The maximum Gasteiger partial charge on any atom is 0.224 e. The van der Waals surface area contributed by atoms with E-state index in [1.807, 2.05) is 38.4 Å². The molecule has 0 saturated carbocycles. The molecule has 1 aromatic heterocycles. The lowest BCUT2D eigenvalue weighted by Gasteiger charge is -2.14. The summed E-state index contributed by atoms with van der Waals surface area (Å²) in [4.78, 5) is 8.97. The smallest absolute Gasteiger partial charge is 0.224 e. The summed E-state index contributed by atoms with van der Waals surface area (Å²) in [6.45, 7) is 2.08. The summed E-state index contributed by atoms with van der Waals surface area (Å²) < 4.78 is 0. The molecular formula is C14H17ClN4. The number of aromatic nitrogens is 2. The summed E-state index contributed by atoms with van der Waals surface area (Å²) >= 11 is 5.94. The van der Waals surface area contributed by atoms with E-state index in [1.54, 1.807) is 0 Å². The van der Waals surface area contributed by atoms with Crippen molar-refractivity contribution in [1.29, 1.82) is 0 Å². The number of rotatable bonds is 4. The molecule has 0 radical (unpaired) electrons. The van der Waals surface area contributed by atoms with Gasteiger partial charge in [-0.15, -0.1) is 0 Å². The van der Waals surface area contributed by atoms with Gasteiger partial charge in [-0.1, -0.05) is 30.7 Å². The predicted molar refractivity (Wildman–Crippen MR) is 80.9 cm³/mol. The molecule has 0 aliphatic heterocycles. The fourth-order valence-electron chi connectivity index (χ4n) is 1.98. The van der Waals surface area contributed by atoms with Gasteiger partial charge in [0.05, 0.1) is 5.69 Å². The maximum absolute atomic E-state index is 5.94. The first kappa shape index (κ1) is 13.6. The van der Waals surface area contributed by atoms with E-state index in [-0.39, 0.29) is 0 Å². The van der Waals surface area contributed by atoms with Gasteiger partial charge in [-0.25, -0.2) is 4.98 Å². The van der Waals surface area contributed by atoms with Crippen LogP contribution in [0.3, 0.4) is 0 Å². The van der Waals surface area contributed by atoms with Crippen LogP contribution in [-0.2, 0) is 6.42 Å². The summed E-state index contributed by atoms with van der Waals surface area (Å²) in [5, 5.41) is 6.84. The second-order valence-corrected chi connectivity index (χ2v) is 4.51. The summed E-state index contributed by atoms with van der Waals surface area (Å²) in [6, 6.07) is 7.73. The molecule has 0 saturated heterocycles. The van der Waals surface area contributed by atoms with Gasteiger partial charge >= 0.3 is 0 Å². The predicted octanol–water partition coefficient (Wildman–Crippen LogP) is 3.44. The van der Waals surface area contributed by atoms with Crippen molar-refractivity contribution >= 4 is 23.4 Å². The highest BCUT2D eigenvalue weighted by Gasteiger charge is 2.13. The number of benzene rings is 1. The number of anilines is 2. The van der Waals surface area contributed by atoms with Gasteiger partial charge in [-0.2, -0.15) is 4.98 Å². The van der Waals surface area contributed by atoms with E-state index in [0.717, 1.165) is 34.1 Å². The van der Waals surface area contributed by atoms with E-state index in [0.29, 0.717) is 5.95 Å². The second-order valence-electron chi connectivity index (χ2n) is 4.08. The number of halogens is 1. The Morgan fingerprint density at radius 3 is 2.26 bits per heavy atom. The molecule has 1 aromatic carbocycles. The lowest BCUT2D eigenvalue weighted by atomic mass is 10.0. The zero-order chi connectivity index (χ0) is 13.8. The van der Waals surface area contributed by atoms with Gasteiger partial charge in [0.1, 0.15) is 5.82 Å². The Hall–Kier alpha value is -1.81. The normalized spacial score (nSPS) is 10.3. The summed E-state index contributed by atoms with van der Waals surface area (Å²) in [7, 11) is 3.68. The van der Waals surface area contributed by atoms with Gasteiger partial charge in [-0.3, -0.25) is 0 Å². The Balaban J connectivity index is 2.63. The van der Waals surface area contributed by atoms with Gasteiger partial charge < -0.3 is 10.6 Å². The van der Waals surface area contributed by atoms with Crippen molar-refractivity contribution in [2.45, 2.75) is 13.3 Å². The third-order valence-electron chi connectivity index (χ3n) is 2.91.